The van der Waals surface area contributed by atoms with Gasteiger partial charge < -0.3 is 18.9 Å². The number of rotatable bonds is 11. The number of halogens is 2. The van der Waals surface area contributed by atoms with E-state index in [0.29, 0.717) is 0 Å². The highest BCUT2D eigenvalue weighted by molar-refractivity contribution is 9.10. The largest absolute Gasteiger partial charge is 0.481 e. The highest BCUT2D eigenvalue weighted by Gasteiger charge is 2.27. The molecule has 0 spiro atoms. The van der Waals surface area contributed by atoms with Crippen LogP contribution in [0.1, 0.15) is 5.69 Å². The number of nitrogens with one attached hydrogen (secondary N) is 2. The van der Waals surface area contributed by atoms with Crippen LogP contribution in [-0.4, -0.2) is 76.1 Å². The molecule has 2 amide bonds. The van der Waals surface area contributed by atoms with Gasteiger partial charge in [-0.15, -0.1) is 0 Å². The van der Waals surface area contributed by atoms with Gasteiger partial charge in [0.2, 0.25) is 17.7 Å². The quantitative estimate of drug-likeness (QED) is 0.376. The molecule has 0 bridgehead atoms. The number of esters is 1. The molecule has 1 atom stereocenters. The summed E-state index contributed by atoms with van der Waals surface area (Å²) >= 11 is 3.08. The van der Waals surface area contributed by atoms with Crippen molar-refractivity contribution in [3.05, 3.63) is 28.5 Å². The number of alkyl halides is 1. The number of carbonyl (C=O) groups excluding carboxylic acids is 2. The first-order chi connectivity index (χ1) is 16.1. The molecule has 1 unspecified atom stereocenters. The highest BCUT2D eigenvalue weighted by atomic mass is 79.9. The lowest BCUT2D eigenvalue weighted by Gasteiger charge is -2.14. The van der Waals surface area contributed by atoms with Crippen molar-refractivity contribution in [3.63, 3.8) is 0 Å². The van der Waals surface area contributed by atoms with E-state index < -0.39 is 52.7 Å². The van der Waals surface area contributed by atoms with Crippen molar-refractivity contribution in [2.45, 2.75) is 17.5 Å². The number of aromatic nitrogens is 3. The Balaban J connectivity index is 2.16. The predicted molar refractivity (Wildman–Crippen MR) is 118 cm³/mol. The van der Waals surface area contributed by atoms with E-state index in [9.17, 15) is 22.4 Å². The van der Waals surface area contributed by atoms with Gasteiger partial charge in [-0.2, -0.15) is 9.97 Å². The van der Waals surface area contributed by atoms with Crippen LogP contribution in [0.4, 0.5) is 15.1 Å². The van der Waals surface area contributed by atoms with Crippen molar-refractivity contribution < 1.29 is 41.3 Å². The molecule has 0 aliphatic carbocycles. The van der Waals surface area contributed by atoms with Crippen LogP contribution in [0.25, 0.3) is 0 Å². The van der Waals surface area contributed by atoms with Gasteiger partial charge in [-0.1, -0.05) is 0 Å². The lowest BCUT2D eigenvalue weighted by molar-refractivity contribution is -0.146. The average molecular weight is 566 g/mol. The Morgan fingerprint density at radius 2 is 1.82 bits per heavy atom. The van der Waals surface area contributed by atoms with Crippen molar-refractivity contribution in [2.75, 3.05) is 39.9 Å². The summed E-state index contributed by atoms with van der Waals surface area (Å²) in [6, 6.07) is 1.46. The van der Waals surface area contributed by atoms with E-state index in [-0.39, 0.29) is 27.9 Å². The first kappa shape index (κ1) is 27.1. The number of hydrogen-bond acceptors (Lipinski definition) is 11. The second-order valence-corrected chi connectivity index (χ2v) is 8.77. The van der Waals surface area contributed by atoms with E-state index in [1.807, 2.05) is 0 Å². The van der Waals surface area contributed by atoms with Gasteiger partial charge in [-0.3, -0.25) is 10.3 Å². The third-order valence-corrected chi connectivity index (χ3v) is 6.28. The van der Waals surface area contributed by atoms with Crippen molar-refractivity contribution in [2.24, 2.45) is 0 Å². The Kier molecular flexibility index (Phi) is 9.88. The fourth-order valence-electron chi connectivity index (χ4n) is 2.46. The number of hydrogen-bond donors (Lipinski definition) is 2. The summed E-state index contributed by atoms with van der Waals surface area (Å²) in [5.41, 5.74) is -0.178. The van der Waals surface area contributed by atoms with Crippen molar-refractivity contribution in [1.82, 2.24) is 19.7 Å². The maximum atomic E-state index is 14.4. The number of pyridine rings is 1. The maximum Gasteiger partial charge on any atom is 0.335 e. The number of sulfonamides is 1. The molecule has 186 valence electrons. The molecule has 0 aliphatic heterocycles. The van der Waals surface area contributed by atoms with Crippen molar-refractivity contribution >= 4 is 43.9 Å². The molecule has 16 heteroatoms. The first-order valence-electron chi connectivity index (χ1n) is 9.32. The molecule has 0 saturated carbocycles. The predicted octanol–water partition coefficient (Wildman–Crippen LogP) is 1.23. The minimum absolute atomic E-state index is 0.0415. The molecular formula is C18H21BrFN5O8S. The molecule has 13 nitrogen and oxygen atoms in total. The van der Waals surface area contributed by atoms with E-state index in [1.54, 1.807) is 4.72 Å². The number of amides is 2. The van der Waals surface area contributed by atoms with Gasteiger partial charge in [0.25, 0.3) is 10.0 Å². The van der Waals surface area contributed by atoms with Gasteiger partial charge in [0.05, 0.1) is 39.7 Å². The number of carbonyl (C=O) groups is 2. The van der Waals surface area contributed by atoms with Crippen LogP contribution < -0.4 is 19.5 Å². The first-order valence-corrected chi connectivity index (χ1v) is 11.6. The average Bonchev–Trinajstić information content (AvgIpc) is 2.77. The fraction of sp³-hybridized carbons (Fsp3) is 0.389. The van der Waals surface area contributed by atoms with Crippen LogP contribution in [0.2, 0.25) is 0 Å². The molecule has 2 aromatic rings. The summed E-state index contributed by atoms with van der Waals surface area (Å²) in [6.07, 6.45) is -0.919. The zero-order valence-electron chi connectivity index (χ0n) is 18.2. The smallest absolute Gasteiger partial charge is 0.335 e. The molecule has 0 aromatic carbocycles. The zero-order valence-corrected chi connectivity index (χ0v) is 20.6. The second-order valence-electron chi connectivity index (χ2n) is 6.30. The van der Waals surface area contributed by atoms with Crippen LogP contribution in [0.15, 0.2) is 27.7 Å². The molecule has 2 heterocycles. The van der Waals surface area contributed by atoms with E-state index >= 15 is 0 Å². The molecule has 0 radical (unpaired) electrons. The minimum atomic E-state index is -4.53. The fourth-order valence-corrected chi connectivity index (χ4v) is 4.62. The summed E-state index contributed by atoms with van der Waals surface area (Å²) in [5, 5.41) is 2.16. The number of urea groups is 1. The highest BCUT2D eigenvalue weighted by Crippen LogP contribution is 2.26. The monoisotopic (exact) mass is 565 g/mol. The van der Waals surface area contributed by atoms with Crippen LogP contribution in [0.3, 0.4) is 0 Å². The van der Waals surface area contributed by atoms with Gasteiger partial charge in [-0.05, 0) is 22.0 Å². The van der Waals surface area contributed by atoms with Crippen molar-refractivity contribution in [3.8, 4) is 11.8 Å². The Bertz CT molecular complexity index is 1120. The van der Waals surface area contributed by atoms with E-state index in [4.69, 9.17) is 14.2 Å². The lowest BCUT2D eigenvalue weighted by atomic mass is 10.2. The molecule has 0 saturated heterocycles. The minimum Gasteiger partial charge on any atom is -0.481 e. The SMILES string of the molecule is COC(=O)COCC(F)Cc1nccc(Br)c1S(=O)(=O)NC(=O)Nc1nc(OC)cc(OC)n1. The summed E-state index contributed by atoms with van der Waals surface area (Å²) < 4.78 is 61.2. The normalized spacial score (nSPS) is 11.9. The van der Waals surface area contributed by atoms with Crippen LogP contribution in [-0.2, 0) is 30.7 Å². The van der Waals surface area contributed by atoms with Crippen LogP contribution in [0, 0.1) is 0 Å². The second kappa shape index (κ2) is 12.4. The third-order valence-electron chi connectivity index (χ3n) is 3.91. The Labute approximate surface area is 202 Å². The van der Waals surface area contributed by atoms with Gasteiger partial charge >= 0.3 is 12.0 Å². The van der Waals surface area contributed by atoms with E-state index in [1.165, 1.54) is 32.5 Å². The number of nitrogens with zero attached hydrogens (tertiary/aromatic N) is 3. The topological polar surface area (TPSA) is 168 Å². The molecular weight excluding hydrogens is 545 g/mol. The maximum absolute atomic E-state index is 14.4. The van der Waals surface area contributed by atoms with Gasteiger partial charge in [-0.25, -0.2) is 27.1 Å². The molecule has 0 fully saturated rings. The molecule has 2 N–H and O–H groups in total. The van der Waals surface area contributed by atoms with Crippen LogP contribution >= 0.6 is 15.9 Å². The van der Waals surface area contributed by atoms with Gasteiger partial charge in [0.1, 0.15) is 17.7 Å². The standard InChI is InChI=1S/C18H21BrFN5O8S/c1-30-13-7-14(31-2)23-17(22-13)24-18(27)25-34(28,29)16-11(19)4-5-21-12(16)6-10(20)8-33-9-15(26)32-3/h4-5,7,10H,6,8-9H2,1-3H3,(H2,22,23,24,25,27). The third kappa shape index (κ3) is 7.74. The molecule has 2 aromatic heterocycles. The van der Waals surface area contributed by atoms with Crippen LogP contribution in [0.5, 0.6) is 11.8 Å². The van der Waals surface area contributed by atoms with E-state index in [2.05, 4.69) is 40.9 Å². The lowest BCUT2D eigenvalue weighted by Crippen LogP contribution is -2.36. The summed E-state index contributed by atoms with van der Waals surface area (Å²) in [6.45, 7) is -0.974. The summed E-state index contributed by atoms with van der Waals surface area (Å²) in [4.78, 5) is 34.6. The Morgan fingerprint density at radius 1 is 1.18 bits per heavy atom. The molecule has 0 aliphatic rings. The summed E-state index contributed by atoms with van der Waals surface area (Å²) in [5.74, 6) is -0.860. The van der Waals surface area contributed by atoms with E-state index in [0.717, 1.165) is 7.11 Å². The zero-order chi connectivity index (χ0) is 25.3. The van der Waals surface area contributed by atoms with Crippen molar-refractivity contribution in [1.29, 1.82) is 0 Å². The summed E-state index contributed by atoms with van der Waals surface area (Å²) in [7, 11) is -0.714. The molecule has 2 rings (SSSR count). The van der Waals surface area contributed by atoms with Gasteiger partial charge in [0, 0.05) is 17.1 Å². The Hall–Kier alpha value is -3.11. The number of ether oxygens (including phenoxy) is 4. The number of anilines is 1. The Morgan fingerprint density at radius 3 is 2.41 bits per heavy atom. The van der Waals surface area contributed by atoms with Gasteiger partial charge in [0.15, 0.2) is 0 Å². The number of methoxy groups -OCH3 is 3. The molecule has 34 heavy (non-hydrogen) atoms.